The maximum Gasteiger partial charge on any atom is 0.165 e. The van der Waals surface area contributed by atoms with Crippen LogP contribution < -0.4 is 4.74 Å². The molecule has 4 nitrogen and oxygen atoms in total. The SMILES string of the molecule is Cn1cc(Oc2ccc(F)cc2C#N)cn1. The first kappa shape index (κ1) is 10.2. The van der Waals surface area contributed by atoms with Crippen LogP contribution in [0.1, 0.15) is 5.56 Å². The molecule has 2 rings (SSSR count). The lowest BCUT2D eigenvalue weighted by molar-refractivity contribution is 0.478. The molecule has 0 aliphatic rings. The van der Waals surface area contributed by atoms with Crippen molar-refractivity contribution in [3.05, 3.63) is 42.0 Å². The minimum absolute atomic E-state index is 0.156. The smallest absolute Gasteiger partial charge is 0.165 e. The van der Waals surface area contributed by atoms with Gasteiger partial charge in [-0.1, -0.05) is 0 Å². The van der Waals surface area contributed by atoms with E-state index >= 15 is 0 Å². The Morgan fingerprint density at radius 3 is 2.94 bits per heavy atom. The summed E-state index contributed by atoms with van der Waals surface area (Å²) in [5, 5.41) is 12.7. The number of nitriles is 1. The van der Waals surface area contributed by atoms with Crippen LogP contribution in [0.2, 0.25) is 0 Å². The van der Waals surface area contributed by atoms with Crippen molar-refractivity contribution in [2.24, 2.45) is 7.05 Å². The van der Waals surface area contributed by atoms with Gasteiger partial charge in [0.25, 0.3) is 0 Å². The molecule has 2 aromatic rings. The van der Waals surface area contributed by atoms with Crippen molar-refractivity contribution in [3.8, 4) is 17.6 Å². The third kappa shape index (κ3) is 2.01. The Labute approximate surface area is 91.5 Å². The molecule has 0 N–H and O–H groups in total. The van der Waals surface area contributed by atoms with E-state index in [-0.39, 0.29) is 5.56 Å². The van der Waals surface area contributed by atoms with Crippen molar-refractivity contribution in [1.29, 1.82) is 5.26 Å². The Morgan fingerprint density at radius 1 is 1.50 bits per heavy atom. The number of rotatable bonds is 2. The lowest BCUT2D eigenvalue weighted by Crippen LogP contribution is -1.88. The summed E-state index contributed by atoms with van der Waals surface area (Å²) in [6, 6.07) is 5.66. The topological polar surface area (TPSA) is 50.8 Å². The number of aryl methyl sites for hydroxylation is 1. The standard InChI is InChI=1S/C11H8FN3O/c1-15-7-10(6-14-15)16-11-3-2-9(12)4-8(11)5-13/h2-4,6-7H,1H3. The molecule has 1 aromatic carbocycles. The average molecular weight is 217 g/mol. The van der Waals surface area contributed by atoms with Crippen LogP contribution in [0.3, 0.4) is 0 Å². The zero-order valence-corrected chi connectivity index (χ0v) is 8.51. The quantitative estimate of drug-likeness (QED) is 0.775. The zero-order chi connectivity index (χ0) is 11.5. The number of hydrogen-bond donors (Lipinski definition) is 0. The van der Waals surface area contributed by atoms with E-state index in [0.717, 1.165) is 6.07 Å². The van der Waals surface area contributed by atoms with Crippen LogP contribution in [-0.2, 0) is 7.05 Å². The largest absolute Gasteiger partial charge is 0.453 e. The molecule has 16 heavy (non-hydrogen) atoms. The predicted octanol–water partition coefficient (Wildman–Crippen LogP) is 2.22. The van der Waals surface area contributed by atoms with Crippen LogP contribution in [0.5, 0.6) is 11.5 Å². The first-order valence-corrected chi connectivity index (χ1v) is 4.55. The minimum atomic E-state index is -0.463. The number of ether oxygens (including phenoxy) is 1. The van der Waals surface area contributed by atoms with Crippen LogP contribution in [0, 0.1) is 17.1 Å². The van der Waals surface area contributed by atoms with Crippen molar-refractivity contribution in [1.82, 2.24) is 9.78 Å². The summed E-state index contributed by atoms with van der Waals surface area (Å²) in [4.78, 5) is 0. The molecule has 5 heteroatoms. The van der Waals surface area contributed by atoms with Crippen molar-refractivity contribution in [3.63, 3.8) is 0 Å². The van der Waals surface area contributed by atoms with Crippen LogP contribution in [-0.4, -0.2) is 9.78 Å². The number of nitrogens with zero attached hydrogens (tertiary/aromatic N) is 3. The van der Waals surface area contributed by atoms with Gasteiger partial charge < -0.3 is 4.74 Å². The molecule has 0 atom stereocenters. The number of aromatic nitrogens is 2. The van der Waals surface area contributed by atoms with E-state index in [2.05, 4.69) is 5.10 Å². The van der Waals surface area contributed by atoms with Gasteiger partial charge in [-0.15, -0.1) is 0 Å². The van der Waals surface area contributed by atoms with E-state index in [1.165, 1.54) is 18.3 Å². The van der Waals surface area contributed by atoms with Gasteiger partial charge >= 0.3 is 0 Å². The van der Waals surface area contributed by atoms with E-state index in [1.54, 1.807) is 17.9 Å². The molecule has 0 amide bonds. The summed E-state index contributed by atoms with van der Waals surface area (Å²) in [6.07, 6.45) is 3.18. The summed E-state index contributed by atoms with van der Waals surface area (Å²) in [7, 11) is 1.75. The third-order valence-corrected chi connectivity index (χ3v) is 1.97. The maximum absolute atomic E-state index is 12.9. The summed E-state index contributed by atoms with van der Waals surface area (Å²) < 4.78 is 19.8. The fourth-order valence-corrected chi connectivity index (χ4v) is 1.26. The molecular formula is C11H8FN3O. The molecule has 0 fully saturated rings. The monoisotopic (exact) mass is 217 g/mol. The molecule has 0 radical (unpaired) electrons. The molecule has 0 aliphatic carbocycles. The zero-order valence-electron chi connectivity index (χ0n) is 8.51. The molecule has 0 saturated carbocycles. The number of halogens is 1. The Bertz CT molecular complexity index is 557. The second kappa shape index (κ2) is 4.03. The molecule has 0 aliphatic heterocycles. The molecule has 0 bridgehead atoms. The highest BCUT2D eigenvalue weighted by Gasteiger charge is 2.06. The molecule has 0 saturated heterocycles. The fourth-order valence-electron chi connectivity index (χ4n) is 1.26. The van der Waals surface area contributed by atoms with Crippen molar-refractivity contribution in [2.45, 2.75) is 0 Å². The van der Waals surface area contributed by atoms with Crippen molar-refractivity contribution >= 4 is 0 Å². The van der Waals surface area contributed by atoms with Gasteiger partial charge in [-0.3, -0.25) is 4.68 Å². The van der Waals surface area contributed by atoms with Crippen LogP contribution >= 0.6 is 0 Å². The predicted molar refractivity (Wildman–Crippen MR) is 54.4 cm³/mol. The van der Waals surface area contributed by atoms with Gasteiger partial charge in [0, 0.05) is 7.05 Å². The molecule has 0 unspecified atom stereocenters. The molecule has 1 aromatic heterocycles. The number of benzene rings is 1. The van der Waals surface area contributed by atoms with Gasteiger partial charge in [0.1, 0.15) is 17.6 Å². The van der Waals surface area contributed by atoms with Gasteiger partial charge in [-0.2, -0.15) is 10.4 Å². The van der Waals surface area contributed by atoms with Crippen molar-refractivity contribution in [2.75, 3.05) is 0 Å². The van der Waals surface area contributed by atoms with E-state index in [1.807, 2.05) is 6.07 Å². The number of hydrogen-bond acceptors (Lipinski definition) is 3. The van der Waals surface area contributed by atoms with E-state index < -0.39 is 5.82 Å². The highest BCUT2D eigenvalue weighted by molar-refractivity contribution is 5.44. The summed E-state index contributed by atoms with van der Waals surface area (Å²) in [5.74, 6) is 0.359. The maximum atomic E-state index is 12.9. The Hall–Kier alpha value is -2.35. The van der Waals surface area contributed by atoms with Gasteiger partial charge in [0.05, 0.1) is 18.0 Å². The lowest BCUT2D eigenvalue weighted by Gasteiger charge is -2.04. The summed E-state index contributed by atoms with van der Waals surface area (Å²) in [5.41, 5.74) is 0.156. The molecule has 0 spiro atoms. The van der Waals surface area contributed by atoms with Crippen molar-refractivity contribution < 1.29 is 9.13 Å². The molecule has 1 heterocycles. The van der Waals surface area contributed by atoms with Crippen LogP contribution in [0.25, 0.3) is 0 Å². The summed E-state index contributed by atoms with van der Waals surface area (Å²) in [6.45, 7) is 0. The minimum Gasteiger partial charge on any atom is -0.453 e. The third-order valence-electron chi connectivity index (χ3n) is 1.97. The molecule has 80 valence electrons. The van der Waals surface area contributed by atoms with E-state index in [9.17, 15) is 4.39 Å². The summed E-state index contributed by atoms with van der Waals surface area (Å²) >= 11 is 0. The normalized spacial score (nSPS) is 9.81. The molecular weight excluding hydrogens is 209 g/mol. The second-order valence-electron chi connectivity index (χ2n) is 3.20. The van der Waals surface area contributed by atoms with Gasteiger partial charge in [0.2, 0.25) is 0 Å². The van der Waals surface area contributed by atoms with Crippen LogP contribution in [0.15, 0.2) is 30.6 Å². The first-order valence-electron chi connectivity index (χ1n) is 4.55. The fraction of sp³-hybridized carbons (Fsp3) is 0.0909. The lowest BCUT2D eigenvalue weighted by atomic mass is 10.2. The average Bonchev–Trinajstić information content (AvgIpc) is 2.67. The van der Waals surface area contributed by atoms with E-state index in [0.29, 0.717) is 11.5 Å². The highest BCUT2D eigenvalue weighted by Crippen LogP contribution is 2.24. The van der Waals surface area contributed by atoms with Gasteiger partial charge in [-0.25, -0.2) is 4.39 Å². The van der Waals surface area contributed by atoms with Crippen LogP contribution in [0.4, 0.5) is 4.39 Å². The Kier molecular flexibility index (Phi) is 2.56. The van der Waals surface area contributed by atoms with Gasteiger partial charge in [-0.05, 0) is 18.2 Å². The van der Waals surface area contributed by atoms with E-state index in [4.69, 9.17) is 10.00 Å². The Balaban J connectivity index is 2.31. The van der Waals surface area contributed by atoms with Gasteiger partial charge in [0.15, 0.2) is 5.75 Å². The second-order valence-corrected chi connectivity index (χ2v) is 3.20. The highest BCUT2D eigenvalue weighted by atomic mass is 19.1. The first-order chi connectivity index (χ1) is 7.69. The Morgan fingerprint density at radius 2 is 2.31 bits per heavy atom.